The van der Waals surface area contributed by atoms with Gasteiger partial charge in [-0.15, -0.1) is 0 Å². The highest BCUT2D eigenvalue weighted by Crippen LogP contribution is 2.14. The van der Waals surface area contributed by atoms with Gasteiger partial charge in [-0.25, -0.2) is 0 Å². The molecule has 0 bridgehead atoms. The Balaban J connectivity index is 4.29. The van der Waals surface area contributed by atoms with Crippen molar-refractivity contribution in [2.75, 3.05) is 13.2 Å². The first-order valence-electron chi connectivity index (χ1n) is 17.9. The monoisotopic (exact) mass is 597 g/mol. The summed E-state index contributed by atoms with van der Waals surface area (Å²) in [6.07, 6.45) is 25.6. The van der Waals surface area contributed by atoms with Gasteiger partial charge < -0.3 is 14.2 Å². The third-order valence-electron chi connectivity index (χ3n) is 7.79. The van der Waals surface area contributed by atoms with E-state index in [2.05, 4.69) is 27.7 Å². The lowest BCUT2D eigenvalue weighted by Crippen LogP contribution is -2.30. The lowest BCUT2D eigenvalue weighted by molar-refractivity contribution is -0.167. The number of carbonyl (C=O) groups is 3. The van der Waals surface area contributed by atoms with Crippen molar-refractivity contribution < 1.29 is 28.6 Å². The molecule has 0 saturated heterocycles. The average molecular weight is 597 g/mol. The summed E-state index contributed by atoms with van der Waals surface area (Å²) in [7, 11) is 0. The van der Waals surface area contributed by atoms with Gasteiger partial charge in [0.1, 0.15) is 13.2 Å². The van der Waals surface area contributed by atoms with Crippen molar-refractivity contribution in [3.05, 3.63) is 0 Å². The van der Waals surface area contributed by atoms with Gasteiger partial charge in [-0.1, -0.05) is 150 Å². The Bertz CT molecular complexity index is 632. The Morgan fingerprint density at radius 1 is 0.452 bits per heavy atom. The maximum absolute atomic E-state index is 12.5. The van der Waals surface area contributed by atoms with E-state index in [1.54, 1.807) is 0 Å². The first kappa shape index (κ1) is 40.4. The molecule has 0 amide bonds. The molecule has 0 spiro atoms. The molecular formula is C36H68O6. The Kier molecular flexibility index (Phi) is 29.7. The number of esters is 3. The van der Waals surface area contributed by atoms with E-state index < -0.39 is 6.10 Å². The normalized spacial score (nSPS) is 11.9. The summed E-state index contributed by atoms with van der Waals surface area (Å²) in [5, 5.41) is 0. The van der Waals surface area contributed by atoms with Crippen molar-refractivity contribution in [3.63, 3.8) is 0 Å². The van der Waals surface area contributed by atoms with Crippen molar-refractivity contribution in [2.45, 2.75) is 194 Å². The Hall–Kier alpha value is -1.59. The SMILES string of the molecule is CCCCCCCCCC(=O)OC[C@@H](COC(=O)CCCCCCC)OC(=O)CCCCCCCCCCCC(C)C. The van der Waals surface area contributed by atoms with Gasteiger partial charge in [-0.3, -0.25) is 14.4 Å². The largest absolute Gasteiger partial charge is 0.462 e. The van der Waals surface area contributed by atoms with Crippen molar-refractivity contribution in [1.29, 1.82) is 0 Å². The summed E-state index contributed by atoms with van der Waals surface area (Å²) in [6.45, 7) is 8.80. The number of ether oxygens (including phenoxy) is 3. The fourth-order valence-electron chi connectivity index (χ4n) is 5.04. The van der Waals surface area contributed by atoms with Crippen LogP contribution in [-0.4, -0.2) is 37.2 Å². The van der Waals surface area contributed by atoms with E-state index in [1.165, 1.54) is 77.0 Å². The van der Waals surface area contributed by atoms with Gasteiger partial charge >= 0.3 is 17.9 Å². The molecule has 0 heterocycles. The molecule has 1 atom stereocenters. The lowest BCUT2D eigenvalue weighted by atomic mass is 10.0. The number of carbonyl (C=O) groups excluding carboxylic acids is 3. The van der Waals surface area contributed by atoms with E-state index in [-0.39, 0.29) is 31.1 Å². The fraction of sp³-hybridized carbons (Fsp3) is 0.917. The van der Waals surface area contributed by atoms with E-state index >= 15 is 0 Å². The average Bonchev–Trinajstić information content (AvgIpc) is 2.96. The van der Waals surface area contributed by atoms with Crippen LogP contribution in [0.2, 0.25) is 0 Å². The topological polar surface area (TPSA) is 78.9 Å². The van der Waals surface area contributed by atoms with Crippen LogP contribution in [0.4, 0.5) is 0 Å². The van der Waals surface area contributed by atoms with E-state index in [0.717, 1.165) is 70.1 Å². The van der Waals surface area contributed by atoms with Gasteiger partial charge in [0.15, 0.2) is 6.10 Å². The van der Waals surface area contributed by atoms with Crippen molar-refractivity contribution in [3.8, 4) is 0 Å². The Morgan fingerprint density at radius 2 is 0.786 bits per heavy atom. The third-order valence-corrected chi connectivity index (χ3v) is 7.79. The molecule has 0 aliphatic carbocycles. The maximum atomic E-state index is 12.5. The third kappa shape index (κ3) is 29.9. The highest BCUT2D eigenvalue weighted by atomic mass is 16.6. The zero-order valence-corrected chi connectivity index (χ0v) is 28.2. The molecule has 0 saturated carbocycles. The van der Waals surface area contributed by atoms with Crippen LogP contribution in [0.5, 0.6) is 0 Å². The Labute approximate surface area is 259 Å². The smallest absolute Gasteiger partial charge is 0.306 e. The van der Waals surface area contributed by atoms with Crippen molar-refractivity contribution in [2.24, 2.45) is 5.92 Å². The predicted octanol–water partition coefficient (Wildman–Crippen LogP) is 10.4. The second-order valence-electron chi connectivity index (χ2n) is 12.6. The molecule has 0 aromatic carbocycles. The first-order valence-corrected chi connectivity index (χ1v) is 17.9. The predicted molar refractivity (Wildman–Crippen MR) is 173 cm³/mol. The van der Waals surface area contributed by atoms with Crippen LogP contribution >= 0.6 is 0 Å². The number of unbranched alkanes of at least 4 members (excludes halogenated alkanes) is 18. The summed E-state index contributed by atoms with van der Waals surface area (Å²) in [5.74, 6) is -0.0839. The minimum atomic E-state index is -0.754. The molecule has 0 radical (unpaired) electrons. The quantitative estimate of drug-likeness (QED) is 0.0450. The summed E-state index contributed by atoms with van der Waals surface area (Å²) < 4.78 is 16.4. The molecule has 6 nitrogen and oxygen atoms in total. The van der Waals surface area contributed by atoms with Crippen LogP contribution in [0.3, 0.4) is 0 Å². The standard InChI is InChI=1S/C36H68O6/c1-5-7-9-11-15-20-24-28-35(38)41-31-33(30-40-34(37)27-23-18-10-8-6-2)42-36(39)29-25-21-17-14-12-13-16-19-22-26-32(3)4/h32-33H,5-31H2,1-4H3/t33-/m1/s1. The maximum Gasteiger partial charge on any atom is 0.306 e. The van der Waals surface area contributed by atoms with Crippen molar-refractivity contribution in [1.82, 2.24) is 0 Å². The number of hydrogen-bond donors (Lipinski definition) is 0. The lowest BCUT2D eigenvalue weighted by Gasteiger charge is -2.18. The molecule has 6 heteroatoms. The molecule has 0 aromatic rings. The van der Waals surface area contributed by atoms with Crippen LogP contribution in [0.25, 0.3) is 0 Å². The molecule has 0 aliphatic heterocycles. The minimum Gasteiger partial charge on any atom is -0.462 e. The van der Waals surface area contributed by atoms with Crippen LogP contribution in [0.15, 0.2) is 0 Å². The van der Waals surface area contributed by atoms with Gasteiger partial charge in [0, 0.05) is 19.3 Å². The highest BCUT2D eigenvalue weighted by Gasteiger charge is 2.19. The molecule has 0 aromatic heterocycles. The van der Waals surface area contributed by atoms with Gasteiger partial charge in [-0.2, -0.15) is 0 Å². The van der Waals surface area contributed by atoms with E-state index in [4.69, 9.17) is 14.2 Å². The molecule has 42 heavy (non-hydrogen) atoms. The number of rotatable bonds is 31. The molecule has 0 fully saturated rings. The number of hydrogen-bond acceptors (Lipinski definition) is 6. The first-order chi connectivity index (χ1) is 20.4. The van der Waals surface area contributed by atoms with Gasteiger partial charge in [-0.05, 0) is 25.2 Å². The molecule has 0 N–H and O–H groups in total. The summed E-state index contributed by atoms with van der Waals surface area (Å²) >= 11 is 0. The van der Waals surface area contributed by atoms with Crippen LogP contribution in [0, 0.1) is 5.92 Å². The fourth-order valence-corrected chi connectivity index (χ4v) is 5.04. The summed E-state index contributed by atoms with van der Waals surface area (Å²) in [6, 6.07) is 0. The zero-order valence-electron chi connectivity index (χ0n) is 28.2. The second kappa shape index (κ2) is 30.9. The molecule has 0 aliphatic rings. The molecule has 0 unspecified atom stereocenters. The van der Waals surface area contributed by atoms with Gasteiger partial charge in [0.05, 0.1) is 0 Å². The zero-order chi connectivity index (χ0) is 31.1. The summed E-state index contributed by atoms with van der Waals surface area (Å²) in [4.78, 5) is 37.0. The van der Waals surface area contributed by atoms with E-state index in [0.29, 0.717) is 19.3 Å². The van der Waals surface area contributed by atoms with Gasteiger partial charge in [0.25, 0.3) is 0 Å². The Morgan fingerprint density at radius 3 is 1.17 bits per heavy atom. The molecule has 0 rings (SSSR count). The van der Waals surface area contributed by atoms with Crippen LogP contribution in [0.1, 0.15) is 188 Å². The minimum absolute atomic E-state index is 0.0674. The molecular weight excluding hydrogens is 528 g/mol. The van der Waals surface area contributed by atoms with Crippen LogP contribution < -0.4 is 0 Å². The van der Waals surface area contributed by atoms with E-state index in [9.17, 15) is 14.4 Å². The second-order valence-corrected chi connectivity index (χ2v) is 12.6. The summed E-state index contributed by atoms with van der Waals surface area (Å²) in [5.41, 5.74) is 0. The van der Waals surface area contributed by atoms with Gasteiger partial charge in [0.2, 0.25) is 0 Å². The molecule has 248 valence electrons. The van der Waals surface area contributed by atoms with Crippen LogP contribution in [-0.2, 0) is 28.6 Å². The van der Waals surface area contributed by atoms with Crippen molar-refractivity contribution >= 4 is 17.9 Å². The van der Waals surface area contributed by atoms with E-state index in [1.807, 2.05) is 0 Å². The highest BCUT2D eigenvalue weighted by molar-refractivity contribution is 5.71.